The van der Waals surface area contributed by atoms with Crippen molar-refractivity contribution in [2.24, 2.45) is 41.4 Å². The van der Waals surface area contributed by atoms with E-state index in [0.29, 0.717) is 175 Å². The number of amides is 3. The summed E-state index contributed by atoms with van der Waals surface area (Å²) >= 11 is 23.7. The standard InChI is InChI=1S/3C25H27ClFNO3.C21H23ClFNO2/c3*1-31-21-8-9-23(24(27)14-21)22-10-11-28(25(30)17-4-5-17)15-18(22)13-20(29)12-16-2-6-19(26)7-3-16;1-26-18-6-7-20(21(23)12-18)19-8-9-24-13-15(19)11-17(25)10-14-2-4-16(22)5-3-14/h3*2-3,6-9,14,17-18,22H,4-5,10-13,15H2,1H3;2-7,12,15,19,24H,8-11,13H2,1H3/t18-,22?;;;15-,19?/m1..1/s1. The van der Waals surface area contributed by atoms with Gasteiger partial charge in [0, 0.05) is 153 Å². The van der Waals surface area contributed by atoms with Gasteiger partial charge in [0.2, 0.25) is 17.7 Å². The smallest absolute Gasteiger partial charge is 0.225 e. The topological polar surface area (TPSA) is 178 Å². The van der Waals surface area contributed by atoms with E-state index in [1.165, 1.54) is 52.7 Å². The highest BCUT2D eigenvalue weighted by Crippen LogP contribution is 2.45. The number of likely N-dealkylation sites (tertiary alicyclic amines) is 3. The number of ketones is 4. The molecule has 23 heteroatoms. The predicted molar refractivity (Wildman–Crippen MR) is 455 cm³/mol. The van der Waals surface area contributed by atoms with Crippen molar-refractivity contribution in [3.63, 3.8) is 0 Å². The van der Waals surface area contributed by atoms with Crippen LogP contribution in [0.5, 0.6) is 23.0 Å². The molecule has 0 spiro atoms. The largest absolute Gasteiger partial charge is 0.497 e. The zero-order valence-electron chi connectivity index (χ0n) is 67.8. The summed E-state index contributed by atoms with van der Waals surface area (Å²) in [6, 6.07) is 48.8. The number of hydrogen-bond acceptors (Lipinski definition) is 12. The van der Waals surface area contributed by atoms with Crippen LogP contribution in [0.15, 0.2) is 170 Å². The van der Waals surface area contributed by atoms with Crippen LogP contribution in [0.4, 0.5) is 17.6 Å². The number of carbonyl (C=O) groups is 7. The van der Waals surface area contributed by atoms with E-state index in [1.54, 1.807) is 97.1 Å². The minimum Gasteiger partial charge on any atom is -0.497 e. The molecule has 7 aliphatic rings. The molecule has 6 unspecified atom stereocenters. The third-order valence-corrected chi connectivity index (χ3v) is 25.2. The maximum absolute atomic E-state index is 14.9. The monoisotopic (exact) mass is 1700 g/mol. The van der Waals surface area contributed by atoms with Gasteiger partial charge in [0.25, 0.3) is 0 Å². The van der Waals surface area contributed by atoms with Crippen LogP contribution in [0.2, 0.25) is 20.1 Å². The van der Waals surface area contributed by atoms with E-state index in [1.807, 2.05) is 63.2 Å². The van der Waals surface area contributed by atoms with Gasteiger partial charge in [-0.1, -0.05) is 119 Å². The van der Waals surface area contributed by atoms with Crippen molar-refractivity contribution in [3.8, 4) is 23.0 Å². The molecule has 4 saturated heterocycles. The van der Waals surface area contributed by atoms with Gasteiger partial charge in [0.05, 0.1) is 28.4 Å². The molecule has 1 N–H and O–H groups in total. The van der Waals surface area contributed by atoms with Gasteiger partial charge in [0.15, 0.2) is 0 Å². The fourth-order valence-electron chi connectivity index (χ4n) is 17.4. The Labute approximate surface area is 715 Å². The minimum atomic E-state index is -0.318. The maximum atomic E-state index is 14.9. The zero-order chi connectivity index (χ0) is 84.4. The Hall–Kier alpha value is -9.11. The second-order valence-corrected chi connectivity index (χ2v) is 34.5. The molecular formula is C96H104Cl4F4N4O11. The van der Waals surface area contributed by atoms with Crippen molar-refractivity contribution in [1.82, 2.24) is 20.0 Å². The molecule has 630 valence electrons. The molecule has 4 aliphatic heterocycles. The molecule has 0 bridgehead atoms. The second-order valence-electron chi connectivity index (χ2n) is 32.7. The van der Waals surface area contributed by atoms with Crippen molar-refractivity contribution < 1.29 is 70.1 Å². The van der Waals surface area contributed by atoms with Crippen molar-refractivity contribution in [3.05, 3.63) is 258 Å². The number of ether oxygens (including phenoxy) is 4. The molecule has 3 amide bonds. The number of rotatable bonds is 27. The Morgan fingerprint density at radius 1 is 0.328 bits per heavy atom. The van der Waals surface area contributed by atoms with Crippen LogP contribution in [0, 0.1) is 64.7 Å². The van der Waals surface area contributed by atoms with Crippen molar-refractivity contribution in [1.29, 1.82) is 0 Å². The molecule has 0 radical (unpaired) electrons. The van der Waals surface area contributed by atoms with Crippen LogP contribution >= 0.6 is 46.4 Å². The van der Waals surface area contributed by atoms with Crippen LogP contribution in [-0.2, 0) is 59.2 Å². The Morgan fingerprint density at radius 2 is 0.563 bits per heavy atom. The van der Waals surface area contributed by atoms with E-state index in [2.05, 4.69) is 5.32 Å². The maximum Gasteiger partial charge on any atom is 0.225 e. The molecule has 15 nitrogen and oxygen atoms in total. The van der Waals surface area contributed by atoms with Gasteiger partial charge in [-0.2, -0.15) is 0 Å². The van der Waals surface area contributed by atoms with E-state index in [4.69, 9.17) is 65.4 Å². The summed E-state index contributed by atoms with van der Waals surface area (Å²) in [5, 5.41) is 5.89. The number of benzene rings is 8. The van der Waals surface area contributed by atoms with Crippen molar-refractivity contribution >= 4 is 87.3 Å². The lowest BCUT2D eigenvalue weighted by molar-refractivity contribution is -0.136. The second kappa shape index (κ2) is 42.4. The van der Waals surface area contributed by atoms with Gasteiger partial charge in [-0.25, -0.2) is 17.6 Å². The quantitative estimate of drug-likeness (QED) is 0.0483. The van der Waals surface area contributed by atoms with E-state index < -0.39 is 0 Å². The fraction of sp³-hybridized carbons (Fsp3) is 0.427. The molecule has 4 heterocycles. The highest BCUT2D eigenvalue weighted by Gasteiger charge is 2.44. The van der Waals surface area contributed by atoms with Crippen LogP contribution in [0.25, 0.3) is 0 Å². The number of hydrogen-bond donors (Lipinski definition) is 1. The van der Waals surface area contributed by atoms with Crippen LogP contribution in [0.1, 0.15) is 158 Å². The van der Waals surface area contributed by atoms with Crippen LogP contribution in [0.3, 0.4) is 0 Å². The normalized spacial score (nSPS) is 20.8. The van der Waals surface area contributed by atoms with Gasteiger partial charge in [-0.05, 0) is 242 Å². The van der Waals surface area contributed by atoms with Crippen molar-refractivity contribution in [2.45, 2.75) is 139 Å². The number of carbonyl (C=O) groups excluding carboxylic acids is 7. The summed E-state index contributed by atoms with van der Waals surface area (Å²) in [5.41, 5.74) is 6.15. The van der Waals surface area contributed by atoms with Gasteiger partial charge in [-0.15, -0.1) is 0 Å². The summed E-state index contributed by atoms with van der Waals surface area (Å²) in [6.45, 7) is 4.86. The number of methoxy groups -OCH3 is 4. The lowest BCUT2D eigenvalue weighted by Gasteiger charge is -2.39. The molecule has 119 heavy (non-hydrogen) atoms. The zero-order valence-corrected chi connectivity index (χ0v) is 70.8. The van der Waals surface area contributed by atoms with E-state index in [0.717, 1.165) is 80.3 Å². The number of nitrogens with one attached hydrogen (secondary N) is 1. The molecule has 0 aromatic heterocycles. The minimum absolute atomic E-state index is 0.0383. The lowest BCUT2D eigenvalue weighted by Crippen LogP contribution is -2.44. The van der Waals surface area contributed by atoms with E-state index >= 15 is 0 Å². The summed E-state index contributed by atoms with van der Waals surface area (Å²) in [6.07, 6.45) is 11.2. The third-order valence-electron chi connectivity index (χ3n) is 24.2. The third kappa shape index (κ3) is 25.3. The molecule has 7 fully saturated rings. The molecule has 15 rings (SSSR count). The Bertz CT molecular complexity index is 4460. The van der Waals surface area contributed by atoms with E-state index in [-0.39, 0.29) is 129 Å². The first-order valence-electron chi connectivity index (χ1n) is 41.3. The first-order valence-corrected chi connectivity index (χ1v) is 42.9. The van der Waals surface area contributed by atoms with E-state index in [9.17, 15) is 51.1 Å². The predicted octanol–water partition coefficient (Wildman–Crippen LogP) is 19.5. The summed E-state index contributed by atoms with van der Waals surface area (Å²) in [5.74, 6) is 1.58. The van der Waals surface area contributed by atoms with Crippen molar-refractivity contribution in [2.75, 3.05) is 80.8 Å². The van der Waals surface area contributed by atoms with Gasteiger partial charge in [-0.3, -0.25) is 33.6 Å². The summed E-state index contributed by atoms with van der Waals surface area (Å²) in [7, 11) is 6.05. The average Bonchev–Trinajstić information content (AvgIpc) is 1.77. The van der Waals surface area contributed by atoms with Gasteiger partial charge < -0.3 is 39.0 Å². The first-order chi connectivity index (χ1) is 57.4. The van der Waals surface area contributed by atoms with Gasteiger partial charge >= 0.3 is 0 Å². The molecule has 8 aromatic carbocycles. The SMILES string of the molecule is COc1ccc(C2CCN(C(=O)C3CC3)CC2CC(=O)Cc2ccc(Cl)cc2)c(F)c1.COc1ccc(C2CCN(C(=O)C3CC3)CC2CC(=O)Cc2ccc(Cl)cc2)c(F)c1.COc1ccc(C2CCN(C(=O)C3CC3)C[C@H]2CC(=O)Cc2ccc(Cl)cc2)c(F)c1.COc1ccc(C2CCNC[C@H]2CC(=O)Cc2ccc(Cl)cc2)c(F)c1. The number of nitrogens with zero attached hydrogens (tertiary/aromatic N) is 3. The average molecular weight is 1710 g/mol. The fourth-order valence-corrected chi connectivity index (χ4v) is 17.9. The lowest BCUT2D eigenvalue weighted by atomic mass is 9.77. The first kappa shape index (κ1) is 89.2. The summed E-state index contributed by atoms with van der Waals surface area (Å²) in [4.78, 5) is 94.8. The molecule has 8 aromatic rings. The number of piperidine rings is 4. The summed E-state index contributed by atoms with van der Waals surface area (Å²) < 4.78 is 79.6. The highest BCUT2D eigenvalue weighted by molar-refractivity contribution is 6.31. The Kier molecular flexibility index (Phi) is 31.8. The number of Topliss-reactive ketones (excluding diaryl/α,β-unsaturated/α-hetero) is 4. The molecule has 3 aliphatic carbocycles. The highest BCUT2D eigenvalue weighted by atomic mass is 35.5. The van der Waals surface area contributed by atoms with Gasteiger partial charge in [0.1, 0.15) is 69.4 Å². The van der Waals surface area contributed by atoms with Crippen LogP contribution in [-0.4, -0.2) is 136 Å². The molecule has 8 atom stereocenters. The van der Waals surface area contributed by atoms with Crippen LogP contribution < -0.4 is 24.3 Å². The molecular weight excluding hydrogens is 1600 g/mol. The Balaban J connectivity index is 0.000000146. The molecule has 3 saturated carbocycles. The number of halogens is 8. The Morgan fingerprint density at radius 3 is 0.790 bits per heavy atom.